The third-order valence-corrected chi connectivity index (χ3v) is 4.50. The number of ether oxygens (including phenoxy) is 3. The molecule has 0 spiro atoms. The van der Waals surface area contributed by atoms with Gasteiger partial charge in [-0.25, -0.2) is 4.39 Å². The maximum absolute atomic E-state index is 14.6. The van der Waals surface area contributed by atoms with E-state index < -0.39 is 0 Å². The second-order valence-electron chi connectivity index (χ2n) is 6.00. The molecule has 1 atom stereocenters. The van der Waals surface area contributed by atoms with Gasteiger partial charge < -0.3 is 19.5 Å². The molecule has 134 valence electrons. The first-order chi connectivity index (χ1) is 12.2. The van der Waals surface area contributed by atoms with Gasteiger partial charge in [-0.2, -0.15) is 0 Å². The molecule has 0 unspecified atom stereocenters. The van der Waals surface area contributed by atoms with Gasteiger partial charge in [0, 0.05) is 23.6 Å². The Hall–Kier alpha value is -2.27. The van der Waals surface area contributed by atoms with E-state index in [-0.39, 0.29) is 11.9 Å². The van der Waals surface area contributed by atoms with Crippen LogP contribution in [0.15, 0.2) is 30.3 Å². The van der Waals surface area contributed by atoms with Crippen LogP contribution in [0.25, 0.3) is 0 Å². The number of rotatable bonds is 6. The first kappa shape index (κ1) is 17.5. The summed E-state index contributed by atoms with van der Waals surface area (Å²) >= 11 is 0. The highest BCUT2D eigenvalue weighted by Gasteiger charge is 2.29. The van der Waals surface area contributed by atoms with Crippen molar-refractivity contribution in [1.29, 1.82) is 0 Å². The molecule has 3 rings (SSSR count). The summed E-state index contributed by atoms with van der Waals surface area (Å²) in [6, 6.07) is 9.01. The molecular formula is C20H25FNO3+. The largest absolute Gasteiger partial charge is 0.497 e. The van der Waals surface area contributed by atoms with Gasteiger partial charge in [-0.3, -0.25) is 0 Å². The fraction of sp³-hybridized carbons (Fsp3) is 0.400. The maximum Gasteiger partial charge on any atom is 0.161 e. The van der Waals surface area contributed by atoms with E-state index in [2.05, 4.69) is 5.32 Å². The van der Waals surface area contributed by atoms with Gasteiger partial charge in [-0.1, -0.05) is 0 Å². The van der Waals surface area contributed by atoms with Crippen LogP contribution in [0.4, 0.5) is 4.39 Å². The van der Waals surface area contributed by atoms with Crippen molar-refractivity contribution >= 4 is 0 Å². The third-order valence-electron chi connectivity index (χ3n) is 4.50. The summed E-state index contributed by atoms with van der Waals surface area (Å²) in [6.07, 6.45) is 0.927. The SMILES string of the molecule is CCOc1cc2c(cc1OCC)[C@H](c1ccc(OC)cc1F)[NH2+]CC2. The number of quaternary nitrogens is 1. The van der Waals surface area contributed by atoms with Crippen LogP contribution in [0.3, 0.4) is 0 Å². The van der Waals surface area contributed by atoms with Crippen molar-refractivity contribution < 1.29 is 23.9 Å². The van der Waals surface area contributed by atoms with Crippen LogP contribution in [0.2, 0.25) is 0 Å². The molecule has 2 aromatic rings. The van der Waals surface area contributed by atoms with E-state index in [4.69, 9.17) is 14.2 Å². The summed E-state index contributed by atoms with van der Waals surface area (Å²) in [6.45, 7) is 5.95. The predicted molar refractivity (Wildman–Crippen MR) is 94.1 cm³/mol. The molecule has 5 heteroatoms. The van der Waals surface area contributed by atoms with Crippen molar-refractivity contribution in [3.8, 4) is 17.2 Å². The number of halogens is 1. The van der Waals surface area contributed by atoms with Gasteiger partial charge in [-0.15, -0.1) is 0 Å². The Labute approximate surface area is 147 Å². The van der Waals surface area contributed by atoms with Crippen molar-refractivity contribution in [2.24, 2.45) is 0 Å². The highest BCUT2D eigenvalue weighted by atomic mass is 19.1. The maximum atomic E-state index is 14.6. The molecule has 0 radical (unpaired) electrons. The first-order valence-corrected chi connectivity index (χ1v) is 8.77. The zero-order chi connectivity index (χ0) is 17.8. The summed E-state index contributed by atoms with van der Waals surface area (Å²) < 4.78 is 31.2. The second-order valence-corrected chi connectivity index (χ2v) is 6.00. The quantitative estimate of drug-likeness (QED) is 0.875. The molecule has 0 aliphatic carbocycles. The van der Waals surface area contributed by atoms with E-state index in [0.29, 0.717) is 24.5 Å². The Morgan fingerprint density at radius 2 is 1.76 bits per heavy atom. The predicted octanol–water partition coefficient (Wildman–Crippen LogP) is 2.84. The zero-order valence-corrected chi connectivity index (χ0v) is 15.0. The van der Waals surface area contributed by atoms with Crippen molar-refractivity contribution in [3.63, 3.8) is 0 Å². The van der Waals surface area contributed by atoms with Crippen LogP contribution < -0.4 is 19.5 Å². The number of hydrogen-bond acceptors (Lipinski definition) is 3. The Bertz CT molecular complexity index is 748. The van der Waals surface area contributed by atoms with Crippen molar-refractivity contribution in [2.75, 3.05) is 26.9 Å². The zero-order valence-electron chi connectivity index (χ0n) is 15.0. The molecule has 0 fully saturated rings. The standard InChI is InChI=1S/C20H24FNO3/c1-4-24-18-10-13-8-9-22-20(16(13)12-19(18)25-5-2)15-7-6-14(23-3)11-17(15)21/h6-7,10-12,20,22H,4-5,8-9H2,1-3H3/p+1/t20-/m0/s1. The topological polar surface area (TPSA) is 44.3 Å². The number of benzene rings is 2. The average Bonchev–Trinajstić information content (AvgIpc) is 2.62. The highest BCUT2D eigenvalue weighted by molar-refractivity contribution is 5.51. The first-order valence-electron chi connectivity index (χ1n) is 8.77. The monoisotopic (exact) mass is 346 g/mol. The van der Waals surface area contributed by atoms with Crippen molar-refractivity contribution in [3.05, 3.63) is 52.8 Å². The Morgan fingerprint density at radius 1 is 1.04 bits per heavy atom. The molecule has 1 heterocycles. The Balaban J connectivity index is 2.05. The van der Waals surface area contributed by atoms with Gasteiger partial charge >= 0.3 is 0 Å². The summed E-state index contributed by atoms with van der Waals surface area (Å²) in [7, 11) is 1.54. The third kappa shape index (κ3) is 3.56. The van der Waals surface area contributed by atoms with Gasteiger partial charge in [0.1, 0.15) is 17.6 Å². The van der Waals surface area contributed by atoms with Gasteiger partial charge in [0.2, 0.25) is 0 Å². The minimum Gasteiger partial charge on any atom is -0.497 e. The van der Waals surface area contributed by atoms with E-state index in [9.17, 15) is 4.39 Å². The lowest BCUT2D eigenvalue weighted by Crippen LogP contribution is -2.87. The molecule has 0 amide bonds. The lowest BCUT2D eigenvalue weighted by Gasteiger charge is -2.26. The van der Waals surface area contributed by atoms with Crippen LogP contribution in [0.1, 0.15) is 36.6 Å². The fourth-order valence-electron chi connectivity index (χ4n) is 3.37. The fourth-order valence-corrected chi connectivity index (χ4v) is 3.37. The lowest BCUT2D eigenvalue weighted by molar-refractivity contribution is -0.690. The molecule has 1 aliphatic heterocycles. The lowest BCUT2D eigenvalue weighted by atomic mass is 9.89. The van der Waals surface area contributed by atoms with Gasteiger partial charge in [0.05, 0.1) is 26.9 Å². The summed E-state index contributed by atoms with van der Waals surface area (Å²) in [4.78, 5) is 0. The number of fused-ring (bicyclic) bond motifs is 1. The molecule has 0 aromatic heterocycles. The van der Waals surface area contributed by atoms with Gasteiger partial charge in [0.15, 0.2) is 11.5 Å². The molecule has 2 aromatic carbocycles. The molecule has 25 heavy (non-hydrogen) atoms. The summed E-state index contributed by atoms with van der Waals surface area (Å²) in [5.41, 5.74) is 2.94. The normalized spacial score (nSPS) is 16.2. The average molecular weight is 346 g/mol. The van der Waals surface area contributed by atoms with E-state index in [0.717, 1.165) is 30.0 Å². The van der Waals surface area contributed by atoms with Crippen molar-refractivity contribution in [1.82, 2.24) is 0 Å². The van der Waals surface area contributed by atoms with Gasteiger partial charge in [0.25, 0.3) is 0 Å². The van der Waals surface area contributed by atoms with Gasteiger partial charge in [-0.05, 0) is 43.7 Å². The van der Waals surface area contributed by atoms with Crippen LogP contribution in [0, 0.1) is 5.82 Å². The summed E-state index contributed by atoms with van der Waals surface area (Å²) in [5, 5.41) is 2.17. The molecule has 1 aliphatic rings. The van der Waals surface area contributed by atoms with E-state index >= 15 is 0 Å². The van der Waals surface area contributed by atoms with Crippen LogP contribution in [-0.4, -0.2) is 26.9 Å². The molecular weight excluding hydrogens is 321 g/mol. The minimum atomic E-state index is -0.250. The molecule has 0 bridgehead atoms. The second kappa shape index (κ2) is 7.74. The summed E-state index contributed by atoms with van der Waals surface area (Å²) in [5.74, 6) is 1.76. The smallest absolute Gasteiger partial charge is 0.161 e. The number of nitrogens with two attached hydrogens (primary N) is 1. The number of hydrogen-bond donors (Lipinski definition) is 1. The van der Waals surface area contributed by atoms with E-state index in [1.165, 1.54) is 11.6 Å². The van der Waals surface area contributed by atoms with Crippen LogP contribution in [-0.2, 0) is 6.42 Å². The van der Waals surface area contributed by atoms with Crippen LogP contribution in [0.5, 0.6) is 17.2 Å². The molecule has 0 saturated heterocycles. The minimum absolute atomic E-state index is 0.0930. The van der Waals surface area contributed by atoms with Crippen LogP contribution >= 0.6 is 0 Å². The molecule has 2 N–H and O–H groups in total. The molecule has 4 nitrogen and oxygen atoms in total. The van der Waals surface area contributed by atoms with Crippen molar-refractivity contribution in [2.45, 2.75) is 26.3 Å². The number of methoxy groups -OCH3 is 1. The molecule has 0 saturated carbocycles. The Kier molecular flexibility index (Phi) is 5.43. The Morgan fingerprint density at radius 3 is 2.40 bits per heavy atom. The highest BCUT2D eigenvalue weighted by Crippen LogP contribution is 2.36. The van der Waals surface area contributed by atoms with E-state index in [1.807, 2.05) is 26.0 Å². The van der Waals surface area contributed by atoms with E-state index in [1.54, 1.807) is 19.2 Å².